The van der Waals surface area contributed by atoms with Gasteiger partial charge in [-0.15, -0.1) is 0 Å². The van der Waals surface area contributed by atoms with Gasteiger partial charge in [0.2, 0.25) is 15.9 Å². The zero-order valence-corrected chi connectivity index (χ0v) is 20.5. The minimum absolute atomic E-state index is 0.102. The molecule has 1 aliphatic carbocycles. The van der Waals surface area contributed by atoms with Crippen molar-refractivity contribution in [3.8, 4) is 5.75 Å². The minimum atomic E-state index is -3.43. The number of carboxylic acid groups (broad SMARTS) is 1. The Balaban J connectivity index is 1.55. The zero-order chi connectivity index (χ0) is 25.1. The molecule has 0 unspecified atom stereocenters. The van der Waals surface area contributed by atoms with Gasteiger partial charge in [0.25, 0.3) is 0 Å². The van der Waals surface area contributed by atoms with Crippen LogP contribution in [0.15, 0.2) is 48.5 Å². The summed E-state index contributed by atoms with van der Waals surface area (Å²) in [5, 5.41) is 12.2. The second-order valence-corrected chi connectivity index (χ2v) is 11.1. The molecular formula is C25H31N3O6S. The highest BCUT2D eigenvalue weighted by molar-refractivity contribution is 7.92. The molecule has 1 atom stereocenters. The highest BCUT2D eigenvalue weighted by Crippen LogP contribution is 2.49. The molecule has 3 N–H and O–H groups in total. The van der Waals surface area contributed by atoms with Gasteiger partial charge in [-0.05, 0) is 74.2 Å². The lowest BCUT2D eigenvalue weighted by Gasteiger charge is -2.27. The predicted molar refractivity (Wildman–Crippen MR) is 132 cm³/mol. The molecular weight excluding hydrogens is 470 g/mol. The maximum atomic E-state index is 13.6. The number of carboxylic acids is 1. The lowest BCUT2D eigenvalue weighted by molar-refractivity contribution is -0.139. The predicted octanol–water partition coefficient (Wildman–Crippen LogP) is 2.51. The van der Waals surface area contributed by atoms with Gasteiger partial charge in [0.15, 0.2) is 6.61 Å². The highest BCUT2D eigenvalue weighted by atomic mass is 32.2. The molecule has 4 rings (SSSR count). The molecule has 2 aromatic rings. The molecule has 1 heterocycles. The molecule has 10 heteroatoms. The zero-order valence-electron chi connectivity index (χ0n) is 19.7. The number of hydrogen-bond donors (Lipinski definition) is 3. The summed E-state index contributed by atoms with van der Waals surface area (Å²) in [6.45, 7) is 2.13. The fourth-order valence-electron chi connectivity index (χ4n) is 4.59. The highest BCUT2D eigenvalue weighted by Gasteiger charge is 2.51. The van der Waals surface area contributed by atoms with Crippen LogP contribution in [0.2, 0.25) is 0 Å². The van der Waals surface area contributed by atoms with Gasteiger partial charge < -0.3 is 20.1 Å². The van der Waals surface area contributed by atoms with Gasteiger partial charge in [-0.3, -0.25) is 9.52 Å². The molecule has 0 aromatic heterocycles. The maximum absolute atomic E-state index is 13.6. The van der Waals surface area contributed by atoms with Crippen molar-refractivity contribution in [2.24, 2.45) is 0 Å². The number of carbonyl (C=O) groups excluding carboxylic acids is 1. The van der Waals surface area contributed by atoms with Crippen molar-refractivity contribution in [1.82, 2.24) is 10.2 Å². The van der Waals surface area contributed by atoms with Crippen LogP contribution in [0.3, 0.4) is 0 Å². The van der Waals surface area contributed by atoms with Crippen molar-refractivity contribution < 1.29 is 27.9 Å². The average Bonchev–Trinajstić information content (AvgIpc) is 3.46. The fourth-order valence-corrected chi connectivity index (χ4v) is 5.14. The summed E-state index contributed by atoms with van der Waals surface area (Å²) in [6, 6.07) is 13.9. The lowest BCUT2D eigenvalue weighted by atomic mass is 9.93. The van der Waals surface area contributed by atoms with E-state index in [0.29, 0.717) is 30.8 Å². The smallest absolute Gasteiger partial charge is 0.341 e. The van der Waals surface area contributed by atoms with Crippen LogP contribution in [-0.4, -0.2) is 62.8 Å². The van der Waals surface area contributed by atoms with Crippen LogP contribution in [0.5, 0.6) is 5.75 Å². The summed E-state index contributed by atoms with van der Waals surface area (Å²) in [7, 11) is -3.43. The van der Waals surface area contributed by atoms with Gasteiger partial charge >= 0.3 is 5.97 Å². The number of hydrogen-bond acceptors (Lipinski definition) is 6. The van der Waals surface area contributed by atoms with Crippen molar-refractivity contribution in [1.29, 1.82) is 0 Å². The number of nitrogens with one attached hydrogen (secondary N) is 2. The number of ether oxygens (including phenoxy) is 1. The number of aliphatic carboxylic acids is 1. The number of anilines is 1. The van der Waals surface area contributed by atoms with E-state index in [4.69, 9.17) is 9.84 Å². The van der Waals surface area contributed by atoms with Crippen LogP contribution in [0, 0.1) is 0 Å². The number of likely N-dealkylation sites (tertiary alicyclic amines) is 1. The van der Waals surface area contributed by atoms with E-state index in [1.54, 1.807) is 36.4 Å². The molecule has 0 bridgehead atoms. The van der Waals surface area contributed by atoms with E-state index in [-0.39, 0.29) is 11.9 Å². The van der Waals surface area contributed by atoms with Crippen molar-refractivity contribution in [3.63, 3.8) is 0 Å². The molecule has 1 saturated carbocycles. The van der Waals surface area contributed by atoms with E-state index >= 15 is 0 Å². The number of carbonyl (C=O) groups is 2. The first-order valence-electron chi connectivity index (χ1n) is 11.7. The normalized spacial score (nSPS) is 18.0. The van der Waals surface area contributed by atoms with Gasteiger partial charge in [-0.1, -0.05) is 24.3 Å². The van der Waals surface area contributed by atoms with Gasteiger partial charge in [-0.2, -0.15) is 0 Å². The Hall–Kier alpha value is -3.11. The summed E-state index contributed by atoms with van der Waals surface area (Å²) in [5.41, 5.74) is 1.36. The van der Waals surface area contributed by atoms with Crippen molar-refractivity contribution >= 4 is 27.6 Å². The number of benzene rings is 2. The van der Waals surface area contributed by atoms with Crippen LogP contribution >= 0.6 is 0 Å². The number of amides is 1. The third kappa shape index (κ3) is 6.52. The van der Waals surface area contributed by atoms with Crippen molar-refractivity contribution in [2.75, 3.05) is 37.2 Å². The second kappa shape index (κ2) is 10.2. The maximum Gasteiger partial charge on any atom is 0.341 e. The molecule has 9 nitrogen and oxygen atoms in total. The van der Waals surface area contributed by atoms with Crippen LogP contribution in [0.1, 0.15) is 42.9 Å². The third-order valence-electron chi connectivity index (χ3n) is 6.47. The standard InChI is InChI=1S/C25H31N3O6S/c1-35(32,33)27-20-8-5-7-19(15-20)25(10-11-25)24(31)26-22(16-28-12-2-3-13-28)18-6-4-9-21(14-18)34-17-23(29)30/h4-9,14-15,22,27H,2-3,10-13,16-17H2,1H3,(H,26,31)(H,29,30)/t22-/m1/s1. The van der Waals surface area contributed by atoms with Gasteiger partial charge in [0.1, 0.15) is 5.75 Å². The van der Waals surface area contributed by atoms with E-state index in [1.165, 1.54) is 0 Å². The Bertz CT molecular complexity index is 1190. The summed E-state index contributed by atoms with van der Waals surface area (Å²) >= 11 is 0. The molecule has 1 amide bonds. The topological polar surface area (TPSA) is 125 Å². The van der Waals surface area contributed by atoms with E-state index in [9.17, 15) is 18.0 Å². The first-order chi connectivity index (χ1) is 16.6. The van der Waals surface area contributed by atoms with Crippen molar-refractivity contribution in [3.05, 3.63) is 59.7 Å². The molecule has 35 heavy (non-hydrogen) atoms. The van der Waals surface area contributed by atoms with Crippen LogP contribution in [-0.2, 0) is 25.0 Å². The Labute approximate surface area is 205 Å². The summed E-state index contributed by atoms with van der Waals surface area (Å²) < 4.78 is 31.1. The molecule has 1 aliphatic heterocycles. The third-order valence-corrected chi connectivity index (χ3v) is 7.08. The largest absolute Gasteiger partial charge is 0.482 e. The quantitative estimate of drug-likeness (QED) is 0.432. The molecule has 2 aromatic carbocycles. The molecule has 2 aliphatic rings. The van der Waals surface area contributed by atoms with Gasteiger partial charge in [0, 0.05) is 12.2 Å². The lowest BCUT2D eigenvalue weighted by Crippen LogP contribution is -2.42. The molecule has 1 saturated heterocycles. The van der Waals surface area contributed by atoms with Crippen LogP contribution in [0.4, 0.5) is 5.69 Å². The Morgan fingerprint density at radius 1 is 1.11 bits per heavy atom. The summed E-state index contributed by atoms with van der Waals surface area (Å²) in [6.07, 6.45) is 4.69. The van der Waals surface area contributed by atoms with Crippen LogP contribution in [0.25, 0.3) is 0 Å². The SMILES string of the molecule is CS(=O)(=O)Nc1cccc(C2(C(=O)N[C@H](CN3CCCC3)c3cccc(OCC(=O)O)c3)CC2)c1. The number of nitrogens with zero attached hydrogens (tertiary/aromatic N) is 1. The first kappa shape index (κ1) is 25.0. The van der Waals surface area contributed by atoms with E-state index in [0.717, 1.165) is 43.3 Å². The number of rotatable bonds is 11. The monoisotopic (exact) mass is 501 g/mol. The second-order valence-electron chi connectivity index (χ2n) is 9.33. The molecule has 0 spiro atoms. The Morgan fingerprint density at radius 3 is 2.49 bits per heavy atom. The van der Waals surface area contributed by atoms with E-state index < -0.39 is 28.0 Å². The van der Waals surface area contributed by atoms with Gasteiger partial charge in [0.05, 0.1) is 17.7 Å². The van der Waals surface area contributed by atoms with E-state index in [2.05, 4.69) is 14.9 Å². The molecule has 2 fully saturated rings. The fraction of sp³-hybridized carbons (Fsp3) is 0.440. The van der Waals surface area contributed by atoms with Crippen molar-refractivity contribution in [2.45, 2.75) is 37.1 Å². The van der Waals surface area contributed by atoms with Crippen LogP contribution < -0.4 is 14.8 Å². The summed E-state index contributed by atoms with van der Waals surface area (Å²) in [4.78, 5) is 26.8. The molecule has 188 valence electrons. The minimum Gasteiger partial charge on any atom is -0.482 e. The number of sulfonamides is 1. The molecule has 0 radical (unpaired) electrons. The Morgan fingerprint density at radius 2 is 1.83 bits per heavy atom. The van der Waals surface area contributed by atoms with E-state index in [1.807, 2.05) is 12.1 Å². The average molecular weight is 502 g/mol. The summed E-state index contributed by atoms with van der Waals surface area (Å²) in [5.74, 6) is -0.720. The Kier molecular flexibility index (Phi) is 7.32. The van der Waals surface area contributed by atoms with Gasteiger partial charge in [-0.25, -0.2) is 13.2 Å². The first-order valence-corrected chi connectivity index (χ1v) is 13.6.